The van der Waals surface area contributed by atoms with Crippen LogP contribution < -0.4 is 4.74 Å². The molecule has 94 valence electrons. The molecule has 0 spiro atoms. The van der Waals surface area contributed by atoms with Crippen molar-refractivity contribution in [3.05, 3.63) is 54.1 Å². The summed E-state index contributed by atoms with van der Waals surface area (Å²) in [7, 11) is 0. The highest BCUT2D eigenvalue weighted by atomic mass is 79.9. The highest BCUT2D eigenvalue weighted by Gasteiger charge is 2.15. The van der Waals surface area contributed by atoms with Gasteiger partial charge < -0.3 is 4.74 Å². The number of ether oxygens (including phenoxy) is 1. The maximum absolute atomic E-state index is 10.8. The molecule has 2 rings (SSSR count). The Bertz CT molecular complexity index is 587. The first kappa shape index (κ1) is 13.3. The van der Waals surface area contributed by atoms with Crippen LogP contribution in [0, 0.1) is 10.1 Å². The highest BCUT2D eigenvalue weighted by Crippen LogP contribution is 2.31. The van der Waals surface area contributed by atoms with Crippen molar-refractivity contribution in [2.45, 2.75) is 6.61 Å². The summed E-state index contributed by atoms with van der Waals surface area (Å²) in [4.78, 5) is 11.3. The summed E-state index contributed by atoms with van der Waals surface area (Å²) >= 11 is 10.7. The molecule has 0 aliphatic rings. The van der Waals surface area contributed by atoms with E-state index in [2.05, 4.69) is 15.9 Å². The zero-order chi connectivity index (χ0) is 13.1. The van der Waals surface area contributed by atoms with Gasteiger partial charge in [-0.15, -0.1) is 11.3 Å². The third kappa shape index (κ3) is 3.22. The summed E-state index contributed by atoms with van der Waals surface area (Å²) in [6.45, 7) is 0.275. The number of rotatable bonds is 4. The van der Waals surface area contributed by atoms with Crippen molar-refractivity contribution < 1.29 is 9.66 Å². The largest absolute Gasteiger partial charge is 0.481 e. The maximum atomic E-state index is 10.8. The molecule has 7 heteroatoms. The number of nitro groups is 1. The summed E-state index contributed by atoms with van der Waals surface area (Å²) < 4.78 is 6.43. The van der Waals surface area contributed by atoms with Gasteiger partial charge in [-0.2, -0.15) is 0 Å². The number of hydrogen-bond donors (Lipinski definition) is 0. The molecule has 0 saturated heterocycles. The minimum Gasteiger partial charge on any atom is -0.481 e. The van der Waals surface area contributed by atoms with Gasteiger partial charge in [-0.1, -0.05) is 11.6 Å². The Labute approximate surface area is 120 Å². The van der Waals surface area contributed by atoms with Gasteiger partial charge in [-0.3, -0.25) is 10.1 Å². The molecule has 0 unspecified atom stereocenters. The van der Waals surface area contributed by atoms with Gasteiger partial charge >= 0.3 is 5.69 Å². The predicted octanol–water partition coefficient (Wildman–Crippen LogP) is 4.65. The fourth-order valence-electron chi connectivity index (χ4n) is 1.33. The number of nitrogens with zero attached hydrogens (tertiary/aromatic N) is 1. The number of halogens is 2. The van der Waals surface area contributed by atoms with Crippen molar-refractivity contribution in [3.8, 4) is 5.75 Å². The van der Waals surface area contributed by atoms with E-state index in [0.717, 1.165) is 8.66 Å². The van der Waals surface area contributed by atoms with E-state index in [1.807, 2.05) is 12.1 Å². The Morgan fingerprint density at radius 2 is 2.17 bits per heavy atom. The molecule has 0 saturated carbocycles. The van der Waals surface area contributed by atoms with Crippen molar-refractivity contribution in [2.75, 3.05) is 0 Å². The van der Waals surface area contributed by atoms with Crippen LogP contribution in [-0.2, 0) is 6.61 Å². The van der Waals surface area contributed by atoms with Crippen LogP contribution in [0.5, 0.6) is 5.75 Å². The summed E-state index contributed by atoms with van der Waals surface area (Å²) in [5.74, 6) is 0.178. The number of nitro benzene ring substituents is 1. The van der Waals surface area contributed by atoms with Crippen molar-refractivity contribution >= 4 is 44.6 Å². The van der Waals surface area contributed by atoms with E-state index >= 15 is 0 Å². The van der Waals surface area contributed by atoms with Crippen LogP contribution in [0.2, 0.25) is 5.02 Å². The SMILES string of the molecule is O=[N+]([O-])c1ccc(Cl)cc1OCc1ccc(Br)s1. The Balaban J connectivity index is 2.17. The summed E-state index contributed by atoms with van der Waals surface area (Å²) in [5.41, 5.74) is -0.0879. The van der Waals surface area contributed by atoms with Crippen LogP contribution in [0.25, 0.3) is 0 Å². The van der Waals surface area contributed by atoms with Crippen molar-refractivity contribution in [3.63, 3.8) is 0 Å². The van der Waals surface area contributed by atoms with E-state index in [1.165, 1.54) is 29.5 Å². The second-order valence-electron chi connectivity index (χ2n) is 3.36. The molecule has 2 aromatic rings. The molecule has 0 aliphatic carbocycles. The summed E-state index contributed by atoms with van der Waals surface area (Å²) in [6, 6.07) is 8.04. The Hall–Kier alpha value is -1.11. The van der Waals surface area contributed by atoms with Crippen LogP contribution in [-0.4, -0.2) is 4.92 Å². The average Bonchev–Trinajstić information content (AvgIpc) is 2.72. The minimum atomic E-state index is -0.490. The Morgan fingerprint density at radius 3 is 2.78 bits per heavy atom. The summed E-state index contributed by atoms with van der Waals surface area (Å²) in [5, 5.41) is 11.2. The van der Waals surface area contributed by atoms with Gasteiger partial charge in [-0.05, 0) is 34.1 Å². The van der Waals surface area contributed by atoms with E-state index in [-0.39, 0.29) is 18.0 Å². The Morgan fingerprint density at radius 1 is 1.39 bits per heavy atom. The van der Waals surface area contributed by atoms with Crippen molar-refractivity contribution in [1.82, 2.24) is 0 Å². The van der Waals surface area contributed by atoms with Crippen molar-refractivity contribution in [2.24, 2.45) is 0 Å². The molecular formula is C11H7BrClNO3S. The lowest BCUT2D eigenvalue weighted by molar-refractivity contribution is -0.385. The molecular weight excluding hydrogens is 342 g/mol. The first-order valence-electron chi connectivity index (χ1n) is 4.87. The minimum absolute atomic E-state index is 0.0879. The smallest absolute Gasteiger partial charge is 0.311 e. The first-order valence-corrected chi connectivity index (χ1v) is 6.86. The molecule has 0 bridgehead atoms. The standard InChI is InChI=1S/C11H7BrClNO3S/c12-11-4-2-8(18-11)6-17-10-5-7(13)1-3-9(10)14(15)16/h1-5H,6H2. The fraction of sp³-hybridized carbons (Fsp3) is 0.0909. The van der Waals surface area contributed by atoms with E-state index in [1.54, 1.807) is 0 Å². The lowest BCUT2D eigenvalue weighted by Crippen LogP contribution is -1.97. The molecule has 4 nitrogen and oxygen atoms in total. The quantitative estimate of drug-likeness (QED) is 0.597. The number of benzene rings is 1. The van der Waals surface area contributed by atoms with Crippen LogP contribution in [0.3, 0.4) is 0 Å². The molecule has 0 fully saturated rings. The highest BCUT2D eigenvalue weighted by molar-refractivity contribution is 9.11. The Kier molecular flexibility index (Phi) is 4.21. The lowest BCUT2D eigenvalue weighted by atomic mass is 10.3. The third-order valence-electron chi connectivity index (χ3n) is 2.12. The topological polar surface area (TPSA) is 52.4 Å². The average molecular weight is 349 g/mol. The monoisotopic (exact) mass is 347 g/mol. The van der Waals surface area contributed by atoms with Gasteiger partial charge in [0.15, 0.2) is 5.75 Å². The van der Waals surface area contributed by atoms with E-state index in [0.29, 0.717) is 5.02 Å². The molecule has 0 N–H and O–H groups in total. The maximum Gasteiger partial charge on any atom is 0.311 e. The number of thiophene rings is 1. The molecule has 0 aliphatic heterocycles. The van der Waals surface area contributed by atoms with Gasteiger partial charge in [0.25, 0.3) is 0 Å². The van der Waals surface area contributed by atoms with Crippen LogP contribution in [0.15, 0.2) is 34.1 Å². The molecule has 18 heavy (non-hydrogen) atoms. The normalized spacial score (nSPS) is 10.3. The molecule has 0 radical (unpaired) electrons. The van der Waals surface area contributed by atoms with Crippen molar-refractivity contribution in [1.29, 1.82) is 0 Å². The first-order chi connectivity index (χ1) is 8.56. The van der Waals surface area contributed by atoms with Gasteiger partial charge in [0.2, 0.25) is 0 Å². The van der Waals surface area contributed by atoms with Gasteiger partial charge in [-0.25, -0.2) is 0 Å². The lowest BCUT2D eigenvalue weighted by Gasteiger charge is -2.05. The second-order valence-corrected chi connectivity index (χ2v) is 6.35. The zero-order valence-corrected chi connectivity index (χ0v) is 12.1. The van der Waals surface area contributed by atoms with Gasteiger partial charge in [0.05, 0.1) is 8.71 Å². The van der Waals surface area contributed by atoms with E-state index in [4.69, 9.17) is 16.3 Å². The van der Waals surface area contributed by atoms with E-state index < -0.39 is 4.92 Å². The van der Waals surface area contributed by atoms with Crippen LogP contribution in [0.4, 0.5) is 5.69 Å². The predicted molar refractivity (Wildman–Crippen MR) is 74.5 cm³/mol. The van der Waals surface area contributed by atoms with Crippen LogP contribution >= 0.6 is 38.9 Å². The fourth-order valence-corrected chi connectivity index (χ4v) is 2.89. The molecule has 1 aromatic heterocycles. The summed E-state index contributed by atoms with van der Waals surface area (Å²) in [6.07, 6.45) is 0. The number of hydrogen-bond acceptors (Lipinski definition) is 4. The molecule has 1 aromatic carbocycles. The van der Waals surface area contributed by atoms with Crippen LogP contribution in [0.1, 0.15) is 4.88 Å². The molecule has 0 atom stereocenters. The molecule has 0 amide bonds. The van der Waals surface area contributed by atoms with Gasteiger partial charge in [0.1, 0.15) is 6.61 Å². The van der Waals surface area contributed by atoms with Gasteiger partial charge in [0, 0.05) is 22.0 Å². The van der Waals surface area contributed by atoms with E-state index in [9.17, 15) is 10.1 Å². The zero-order valence-electron chi connectivity index (χ0n) is 8.93. The molecule has 1 heterocycles. The second kappa shape index (κ2) is 5.69. The third-order valence-corrected chi connectivity index (χ3v) is 3.95.